The minimum Gasteiger partial charge on any atom is -0.298 e. The van der Waals surface area contributed by atoms with E-state index in [4.69, 9.17) is 11.6 Å². The van der Waals surface area contributed by atoms with Crippen LogP contribution in [0.1, 0.15) is 21.7 Å². The van der Waals surface area contributed by atoms with Crippen molar-refractivity contribution in [2.45, 2.75) is 6.42 Å². The van der Waals surface area contributed by atoms with Gasteiger partial charge in [0.15, 0.2) is 11.5 Å². The summed E-state index contributed by atoms with van der Waals surface area (Å²) in [5.74, 6) is 0.713. The number of carbonyl (C=O) groups excluding carboxylic acids is 1. The highest BCUT2D eigenvalue weighted by Gasteiger charge is 2.05. The molecule has 0 N–H and O–H groups in total. The Hall–Kier alpha value is -2.20. The van der Waals surface area contributed by atoms with Gasteiger partial charge in [0.2, 0.25) is 0 Å². The van der Waals surface area contributed by atoms with Gasteiger partial charge in [-0.05, 0) is 29.8 Å². The second-order valence-corrected chi connectivity index (χ2v) is 4.65. The van der Waals surface area contributed by atoms with Gasteiger partial charge in [0, 0.05) is 23.2 Å². The number of aromatic nitrogens is 3. The Balaban J connectivity index is 1.92. The molecule has 0 aliphatic carbocycles. The second kappa shape index (κ2) is 4.82. The van der Waals surface area contributed by atoms with Gasteiger partial charge in [-0.15, -0.1) is 0 Å². The number of fused-ring (bicyclic) bond motifs is 1. The molecule has 2 heterocycles. The lowest BCUT2D eigenvalue weighted by Crippen LogP contribution is -1.92. The molecule has 0 saturated carbocycles. The number of hydrogen-bond donors (Lipinski definition) is 0. The van der Waals surface area contributed by atoms with E-state index in [1.54, 1.807) is 22.8 Å². The average molecular weight is 272 g/mol. The standard InChI is InChI=1S/C14H10ClN3O/c15-12-3-1-10(2-4-12)7-13-16-14-8-11(9-19)5-6-18(14)17-13/h1-6,8-9H,7H2. The zero-order valence-electron chi connectivity index (χ0n) is 9.95. The van der Waals surface area contributed by atoms with Gasteiger partial charge < -0.3 is 0 Å². The quantitative estimate of drug-likeness (QED) is 0.688. The van der Waals surface area contributed by atoms with Crippen LogP contribution in [0.15, 0.2) is 42.6 Å². The Morgan fingerprint density at radius 1 is 1.21 bits per heavy atom. The van der Waals surface area contributed by atoms with E-state index in [0.717, 1.165) is 11.8 Å². The van der Waals surface area contributed by atoms with Crippen LogP contribution in [0.4, 0.5) is 0 Å². The molecule has 0 bridgehead atoms. The van der Waals surface area contributed by atoms with Crippen molar-refractivity contribution in [1.29, 1.82) is 0 Å². The molecule has 0 saturated heterocycles. The molecule has 94 valence electrons. The third kappa shape index (κ3) is 2.48. The molecule has 5 heteroatoms. The fourth-order valence-corrected chi connectivity index (χ4v) is 2.00. The van der Waals surface area contributed by atoms with Crippen LogP contribution in [-0.2, 0) is 6.42 Å². The molecule has 1 aromatic carbocycles. The predicted octanol–water partition coefficient (Wildman–Crippen LogP) is 2.79. The lowest BCUT2D eigenvalue weighted by molar-refractivity contribution is 0.112. The highest BCUT2D eigenvalue weighted by atomic mass is 35.5. The lowest BCUT2D eigenvalue weighted by Gasteiger charge is -1.96. The summed E-state index contributed by atoms with van der Waals surface area (Å²) in [6, 6.07) is 11.0. The minimum absolute atomic E-state index is 0.595. The van der Waals surface area contributed by atoms with Crippen LogP contribution in [-0.4, -0.2) is 20.9 Å². The van der Waals surface area contributed by atoms with Crippen LogP contribution in [0.25, 0.3) is 5.65 Å². The molecule has 2 aromatic heterocycles. The molecule has 3 aromatic rings. The predicted molar refractivity (Wildman–Crippen MR) is 72.6 cm³/mol. The van der Waals surface area contributed by atoms with Gasteiger partial charge in [-0.3, -0.25) is 4.79 Å². The number of carbonyl (C=O) groups is 1. The minimum atomic E-state index is 0.595. The monoisotopic (exact) mass is 271 g/mol. The number of halogens is 1. The van der Waals surface area contributed by atoms with Crippen molar-refractivity contribution in [3.8, 4) is 0 Å². The molecular weight excluding hydrogens is 262 g/mol. The fourth-order valence-electron chi connectivity index (χ4n) is 1.88. The van der Waals surface area contributed by atoms with Crippen molar-refractivity contribution in [3.63, 3.8) is 0 Å². The summed E-state index contributed by atoms with van der Waals surface area (Å²) in [7, 11) is 0. The highest BCUT2D eigenvalue weighted by molar-refractivity contribution is 6.30. The molecule has 19 heavy (non-hydrogen) atoms. The molecule has 4 nitrogen and oxygen atoms in total. The van der Waals surface area contributed by atoms with Gasteiger partial charge in [0.1, 0.15) is 6.29 Å². The normalized spacial score (nSPS) is 10.8. The van der Waals surface area contributed by atoms with Gasteiger partial charge in [-0.25, -0.2) is 9.50 Å². The van der Waals surface area contributed by atoms with Crippen LogP contribution >= 0.6 is 11.6 Å². The SMILES string of the molecule is O=Cc1ccn2nc(Cc3ccc(Cl)cc3)nc2c1. The zero-order chi connectivity index (χ0) is 13.2. The van der Waals surface area contributed by atoms with Gasteiger partial charge in [0.25, 0.3) is 0 Å². The third-order valence-corrected chi connectivity index (χ3v) is 3.07. The molecular formula is C14H10ClN3O. The van der Waals surface area contributed by atoms with Crippen LogP contribution in [0.3, 0.4) is 0 Å². The first kappa shape index (κ1) is 11.9. The summed E-state index contributed by atoms with van der Waals surface area (Å²) < 4.78 is 1.66. The summed E-state index contributed by atoms with van der Waals surface area (Å²) >= 11 is 5.84. The van der Waals surface area contributed by atoms with E-state index in [2.05, 4.69) is 10.1 Å². The Kier molecular flexibility index (Phi) is 3.01. The Labute approximate surface area is 114 Å². The number of aldehydes is 1. The van der Waals surface area contributed by atoms with Crippen LogP contribution in [0.5, 0.6) is 0 Å². The van der Waals surface area contributed by atoms with Crippen molar-refractivity contribution in [2.24, 2.45) is 0 Å². The van der Waals surface area contributed by atoms with Crippen molar-refractivity contribution in [3.05, 3.63) is 64.6 Å². The summed E-state index contributed by atoms with van der Waals surface area (Å²) in [4.78, 5) is 15.1. The maximum Gasteiger partial charge on any atom is 0.156 e. The van der Waals surface area contributed by atoms with E-state index in [1.165, 1.54) is 0 Å². The van der Waals surface area contributed by atoms with E-state index in [9.17, 15) is 4.79 Å². The van der Waals surface area contributed by atoms with Gasteiger partial charge in [-0.1, -0.05) is 23.7 Å². The molecule has 0 radical (unpaired) electrons. The molecule has 3 rings (SSSR count). The Bertz CT molecular complexity index is 734. The number of nitrogens with zero attached hydrogens (tertiary/aromatic N) is 3. The first-order valence-electron chi connectivity index (χ1n) is 5.79. The van der Waals surface area contributed by atoms with Gasteiger partial charge in [0.05, 0.1) is 0 Å². The van der Waals surface area contributed by atoms with E-state index in [0.29, 0.717) is 28.5 Å². The molecule has 0 amide bonds. The van der Waals surface area contributed by atoms with Crippen LogP contribution < -0.4 is 0 Å². The van der Waals surface area contributed by atoms with Gasteiger partial charge in [-0.2, -0.15) is 5.10 Å². The topological polar surface area (TPSA) is 47.3 Å². The van der Waals surface area contributed by atoms with Crippen molar-refractivity contribution in [1.82, 2.24) is 14.6 Å². The molecule has 0 aliphatic rings. The van der Waals surface area contributed by atoms with E-state index >= 15 is 0 Å². The number of rotatable bonds is 3. The summed E-state index contributed by atoms with van der Waals surface area (Å²) in [6.45, 7) is 0. The number of benzene rings is 1. The van der Waals surface area contributed by atoms with E-state index in [1.807, 2.05) is 24.3 Å². The highest BCUT2D eigenvalue weighted by Crippen LogP contribution is 2.13. The molecule has 0 unspecified atom stereocenters. The molecule has 0 spiro atoms. The van der Waals surface area contributed by atoms with Crippen molar-refractivity contribution in [2.75, 3.05) is 0 Å². The molecule has 0 aliphatic heterocycles. The molecule has 0 atom stereocenters. The van der Waals surface area contributed by atoms with E-state index in [-0.39, 0.29) is 0 Å². The van der Waals surface area contributed by atoms with Crippen LogP contribution in [0, 0.1) is 0 Å². The largest absolute Gasteiger partial charge is 0.298 e. The smallest absolute Gasteiger partial charge is 0.156 e. The van der Waals surface area contributed by atoms with Gasteiger partial charge >= 0.3 is 0 Å². The Morgan fingerprint density at radius 2 is 2.00 bits per heavy atom. The first-order chi connectivity index (χ1) is 9.24. The first-order valence-corrected chi connectivity index (χ1v) is 6.17. The number of pyridine rings is 1. The lowest BCUT2D eigenvalue weighted by atomic mass is 10.1. The van der Waals surface area contributed by atoms with Crippen LogP contribution in [0.2, 0.25) is 5.02 Å². The number of hydrogen-bond acceptors (Lipinski definition) is 3. The van der Waals surface area contributed by atoms with Crippen molar-refractivity contribution >= 4 is 23.5 Å². The maximum atomic E-state index is 10.7. The summed E-state index contributed by atoms with van der Waals surface area (Å²) in [5, 5.41) is 5.07. The Morgan fingerprint density at radius 3 is 2.74 bits per heavy atom. The van der Waals surface area contributed by atoms with Crippen molar-refractivity contribution < 1.29 is 4.79 Å². The fraction of sp³-hybridized carbons (Fsp3) is 0.0714. The maximum absolute atomic E-state index is 10.7. The average Bonchev–Trinajstić information content (AvgIpc) is 2.82. The van der Waals surface area contributed by atoms with E-state index < -0.39 is 0 Å². The second-order valence-electron chi connectivity index (χ2n) is 4.21. The summed E-state index contributed by atoms with van der Waals surface area (Å²) in [5.41, 5.74) is 2.36. The molecule has 0 fully saturated rings. The third-order valence-electron chi connectivity index (χ3n) is 2.82. The summed E-state index contributed by atoms with van der Waals surface area (Å²) in [6.07, 6.45) is 3.17. The zero-order valence-corrected chi connectivity index (χ0v) is 10.7.